The molecule has 3 N–H and O–H groups in total. The van der Waals surface area contributed by atoms with Gasteiger partial charge in [-0.15, -0.1) is 35.3 Å². The van der Waals surface area contributed by atoms with Crippen LogP contribution in [0.5, 0.6) is 0 Å². The van der Waals surface area contributed by atoms with Crippen molar-refractivity contribution in [1.82, 2.24) is 10.3 Å². The second-order valence-electron chi connectivity index (χ2n) is 5.26. The number of hydrogen-bond acceptors (Lipinski definition) is 4. The van der Waals surface area contributed by atoms with Crippen LogP contribution in [0.1, 0.15) is 12.7 Å². The van der Waals surface area contributed by atoms with Crippen molar-refractivity contribution in [3.8, 4) is 10.8 Å². The molecule has 2 aromatic heterocycles. The Morgan fingerprint density at radius 2 is 2.12 bits per heavy atom. The number of fused-ring (bicyclic) bond motifs is 1. The van der Waals surface area contributed by atoms with Gasteiger partial charge in [0.2, 0.25) is 0 Å². The molecule has 1 aromatic carbocycles. The third kappa shape index (κ3) is 4.57. The fraction of sp³-hybridized carbons (Fsp3) is 0.176. The third-order valence-corrected chi connectivity index (χ3v) is 4.19. The molecule has 2 heterocycles. The van der Waals surface area contributed by atoms with Gasteiger partial charge in [-0.1, -0.05) is 24.3 Å². The number of aliphatic imine (C=N–C) groups is 1. The molecule has 0 aliphatic heterocycles. The number of thiazole rings is 1. The van der Waals surface area contributed by atoms with Crippen LogP contribution in [0, 0.1) is 0 Å². The molecule has 126 valence electrons. The molecule has 7 heteroatoms. The normalized spacial score (nSPS) is 11.3. The SMILES string of the molecule is C=C(C)CNC(N)=NCc1ccc(-c2nc3ccccc3s2)o1.I. The van der Waals surface area contributed by atoms with Crippen molar-refractivity contribution in [3.05, 3.63) is 54.3 Å². The number of nitrogens with zero attached hydrogens (tertiary/aromatic N) is 2. The van der Waals surface area contributed by atoms with Crippen molar-refractivity contribution in [3.63, 3.8) is 0 Å². The first-order valence-corrected chi connectivity index (χ1v) is 8.06. The Bertz CT molecular complexity index is 835. The molecule has 0 aliphatic carbocycles. The van der Waals surface area contributed by atoms with Crippen molar-refractivity contribution in [2.75, 3.05) is 6.54 Å². The zero-order chi connectivity index (χ0) is 16.2. The molecule has 0 saturated carbocycles. The summed E-state index contributed by atoms with van der Waals surface area (Å²) in [6.45, 7) is 6.73. The number of guanidine groups is 1. The highest BCUT2D eigenvalue weighted by molar-refractivity contribution is 14.0. The minimum absolute atomic E-state index is 0. The van der Waals surface area contributed by atoms with Gasteiger partial charge >= 0.3 is 0 Å². The number of rotatable bonds is 5. The van der Waals surface area contributed by atoms with Crippen LogP contribution in [0.4, 0.5) is 0 Å². The molecular weight excluding hydrogens is 435 g/mol. The van der Waals surface area contributed by atoms with Gasteiger partial charge in [-0.3, -0.25) is 0 Å². The quantitative estimate of drug-likeness (QED) is 0.263. The van der Waals surface area contributed by atoms with E-state index in [1.807, 2.05) is 37.3 Å². The molecule has 0 bridgehead atoms. The highest BCUT2D eigenvalue weighted by Gasteiger charge is 2.10. The smallest absolute Gasteiger partial charge is 0.189 e. The number of aromatic nitrogens is 1. The van der Waals surface area contributed by atoms with E-state index in [4.69, 9.17) is 10.2 Å². The first-order valence-electron chi connectivity index (χ1n) is 7.24. The van der Waals surface area contributed by atoms with E-state index in [0.29, 0.717) is 19.0 Å². The van der Waals surface area contributed by atoms with Crippen LogP contribution in [-0.2, 0) is 6.54 Å². The lowest BCUT2D eigenvalue weighted by molar-refractivity contribution is 0.525. The van der Waals surface area contributed by atoms with Crippen LogP contribution in [0.2, 0.25) is 0 Å². The lowest BCUT2D eigenvalue weighted by atomic mass is 10.3. The van der Waals surface area contributed by atoms with Gasteiger partial charge in [-0.2, -0.15) is 0 Å². The molecule has 3 rings (SSSR count). The van der Waals surface area contributed by atoms with Gasteiger partial charge in [0.05, 0.1) is 10.2 Å². The van der Waals surface area contributed by atoms with Crippen LogP contribution in [0.15, 0.2) is 58.0 Å². The van der Waals surface area contributed by atoms with E-state index in [2.05, 4.69) is 27.9 Å². The van der Waals surface area contributed by atoms with E-state index in [1.165, 1.54) is 0 Å². The van der Waals surface area contributed by atoms with E-state index in [1.54, 1.807) is 11.3 Å². The molecular formula is C17H19IN4OS. The van der Waals surface area contributed by atoms with E-state index in [0.717, 1.165) is 32.3 Å². The van der Waals surface area contributed by atoms with Gasteiger partial charge in [0.25, 0.3) is 0 Å². The van der Waals surface area contributed by atoms with Crippen LogP contribution in [0.3, 0.4) is 0 Å². The molecule has 0 unspecified atom stereocenters. The van der Waals surface area contributed by atoms with Gasteiger partial charge in [0.15, 0.2) is 16.7 Å². The van der Waals surface area contributed by atoms with E-state index >= 15 is 0 Å². The first kappa shape index (κ1) is 18.5. The van der Waals surface area contributed by atoms with Crippen molar-refractivity contribution < 1.29 is 4.42 Å². The standard InChI is InChI=1S/C17H18N4OS.HI/c1-11(2)9-19-17(18)20-10-12-7-8-14(22-12)16-21-13-5-3-4-6-15(13)23-16;/h3-8H,1,9-10H2,2H3,(H3,18,19,20);1H. The minimum Gasteiger partial charge on any atom is -0.457 e. The minimum atomic E-state index is 0. The average Bonchev–Trinajstić information content (AvgIpc) is 3.16. The topological polar surface area (TPSA) is 76.4 Å². The number of hydrogen-bond donors (Lipinski definition) is 2. The van der Waals surface area contributed by atoms with Gasteiger partial charge in [-0.05, 0) is 31.2 Å². The Hall–Kier alpha value is -1.87. The molecule has 0 atom stereocenters. The molecule has 0 spiro atoms. The van der Waals surface area contributed by atoms with Crippen molar-refractivity contribution in [2.45, 2.75) is 13.5 Å². The van der Waals surface area contributed by atoms with E-state index in [9.17, 15) is 0 Å². The fourth-order valence-corrected chi connectivity index (χ4v) is 2.94. The molecule has 0 radical (unpaired) electrons. The summed E-state index contributed by atoms with van der Waals surface area (Å²) in [5.41, 5.74) is 7.77. The average molecular weight is 454 g/mol. The zero-order valence-corrected chi connectivity index (χ0v) is 16.4. The van der Waals surface area contributed by atoms with Crippen LogP contribution < -0.4 is 11.1 Å². The highest BCUT2D eigenvalue weighted by atomic mass is 127. The monoisotopic (exact) mass is 454 g/mol. The zero-order valence-electron chi connectivity index (χ0n) is 13.3. The largest absolute Gasteiger partial charge is 0.457 e. The Labute approximate surface area is 161 Å². The van der Waals surface area contributed by atoms with Crippen molar-refractivity contribution in [2.24, 2.45) is 10.7 Å². The van der Waals surface area contributed by atoms with Crippen LogP contribution in [0.25, 0.3) is 21.0 Å². The lowest BCUT2D eigenvalue weighted by Gasteiger charge is -2.03. The number of benzene rings is 1. The summed E-state index contributed by atoms with van der Waals surface area (Å²) in [5, 5.41) is 3.86. The third-order valence-electron chi connectivity index (χ3n) is 3.14. The molecule has 0 aliphatic rings. The Balaban J connectivity index is 0.00000208. The van der Waals surface area contributed by atoms with Gasteiger partial charge in [0, 0.05) is 6.54 Å². The Kier molecular flexibility index (Phi) is 6.38. The van der Waals surface area contributed by atoms with Gasteiger partial charge < -0.3 is 15.5 Å². The van der Waals surface area contributed by atoms with E-state index < -0.39 is 0 Å². The highest BCUT2D eigenvalue weighted by Crippen LogP contribution is 2.31. The van der Waals surface area contributed by atoms with Crippen LogP contribution in [-0.4, -0.2) is 17.5 Å². The number of furan rings is 1. The summed E-state index contributed by atoms with van der Waals surface area (Å²) >= 11 is 1.61. The predicted octanol–water partition coefficient (Wildman–Crippen LogP) is 4.15. The van der Waals surface area contributed by atoms with E-state index in [-0.39, 0.29) is 24.0 Å². The maximum absolute atomic E-state index is 5.82. The molecule has 0 saturated heterocycles. The summed E-state index contributed by atoms with van der Waals surface area (Å²) in [7, 11) is 0. The molecule has 5 nitrogen and oxygen atoms in total. The lowest BCUT2D eigenvalue weighted by Crippen LogP contribution is -2.32. The predicted molar refractivity (Wildman–Crippen MR) is 111 cm³/mol. The molecule has 0 amide bonds. The summed E-state index contributed by atoms with van der Waals surface area (Å²) < 4.78 is 6.96. The summed E-state index contributed by atoms with van der Waals surface area (Å²) in [6, 6.07) is 11.9. The Morgan fingerprint density at radius 1 is 1.33 bits per heavy atom. The molecule has 0 fully saturated rings. The maximum atomic E-state index is 5.82. The first-order chi connectivity index (χ1) is 11.1. The number of nitrogens with two attached hydrogens (primary N) is 1. The summed E-state index contributed by atoms with van der Waals surface area (Å²) in [6.07, 6.45) is 0. The van der Waals surface area contributed by atoms with Gasteiger partial charge in [0.1, 0.15) is 12.3 Å². The van der Waals surface area contributed by atoms with Crippen LogP contribution >= 0.6 is 35.3 Å². The van der Waals surface area contributed by atoms with Crippen molar-refractivity contribution >= 4 is 51.5 Å². The number of halogens is 1. The second kappa shape index (κ2) is 8.29. The van der Waals surface area contributed by atoms with Gasteiger partial charge in [-0.25, -0.2) is 9.98 Å². The number of nitrogens with one attached hydrogen (secondary N) is 1. The Morgan fingerprint density at radius 3 is 2.88 bits per heavy atom. The van der Waals surface area contributed by atoms with Crippen molar-refractivity contribution in [1.29, 1.82) is 0 Å². The molecule has 3 aromatic rings. The summed E-state index contributed by atoms with van der Waals surface area (Å²) in [4.78, 5) is 8.83. The fourth-order valence-electron chi connectivity index (χ4n) is 2.02. The maximum Gasteiger partial charge on any atom is 0.189 e. The summed E-state index contributed by atoms with van der Waals surface area (Å²) in [5.74, 6) is 1.88. The molecule has 24 heavy (non-hydrogen) atoms. The second-order valence-corrected chi connectivity index (χ2v) is 6.30. The number of para-hydroxylation sites is 1.